The molecule has 0 aliphatic heterocycles. The van der Waals surface area contributed by atoms with Crippen LogP contribution >= 0.6 is 0 Å². The van der Waals surface area contributed by atoms with E-state index in [2.05, 4.69) is 0 Å². The highest BCUT2D eigenvalue weighted by Crippen LogP contribution is 2.41. The van der Waals surface area contributed by atoms with Gasteiger partial charge in [0.15, 0.2) is 11.5 Å². The molecule has 0 saturated carbocycles. The van der Waals surface area contributed by atoms with E-state index in [1.54, 1.807) is 19.2 Å². The second-order valence-electron chi connectivity index (χ2n) is 3.60. The molecule has 1 atom stereocenters. The predicted molar refractivity (Wildman–Crippen MR) is 67.6 cm³/mol. The highest BCUT2D eigenvalue weighted by molar-refractivity contribution is 5.56. The Balaban J connectivity index is 3.11. The van der Waals surface area contributed by atoms with Crippen LogP contribution in [0.1, 0.15) is 18.6 Å². The van der Waals surface area contributed by atoms with Crippen LogP contribution in [0.15, 0.2) is 12.1 Å². The third-order valence-corrected chi connectivity index (χ3v) is 2.57. The minimum Gasteiger partial charge on any atom is -0.493 e. The normalized spacial score (nSPS) is 12.1. The van der Waals surface area contributed by atoms with Crippen LogP contribution in [-0.4, -0.2) is 39.6 Å². The summed E-state index contributed by atoms with van der Waals surface area (Å²) in [7, 11) is 4.60. The van der Waals surface area contributed by atoms with Gasteiger partial charge in [-0.2, -0.15) is 0 Å². The maximum Gasteiger partial charge on any atom is 0.203 e. The summed E-state index contributed by atoms with van der Waals surface area (Å²) in [5.74, 6) is 1.49. The van der Waals surface area contributed by atoms with Gasteiger partial charge in [0.1, 0.15) is 6.10 Å². The standard InChI is InChI=1S/C13H20O5/c1-5-18-8-10(14)9-6-7-11(15-2)13(17-4)12(9)16-3/h6-7,10,14H,5,8H2,1-4H3. The number of benzene rings is 1. The first-order chi connectivity index (χ1) is 8.69. The first-order valence-electron chi connectivity index (χ1n) is 5.74. The second kappa shape index (κ2) is 7.08. The largest absolute Gasteiger partial charge is 0.493 e. The van der Waals surface area contributed by atoms with Crippen molar-refractivity contribution in [3.8, 4) is 17.2 Å². The summed E-state index contributed by atoms with van der Waals surface area (Å²) in [6, 6.07) is 3.47. The molecule has 1 N–H and O–H groups in total. The van der Waals surface area contributed by atoms with Crippen LogP contribution in [-0.2, 0) is 4.74 Å². The third-order valence-electron chi connectivity index (χ3n) is 2.57. The molecule has 0 aliphatic rings. The van der Waals surface area contributed by atoms with Gasteiger partial charge in [-0.15, -0.1) is 0 Å². The molecule has 0 radical (unpaired) electrons. The summed E-state index contributed by atoms with van der Waals surface area (Å²) >= 11 is 0. The van der Waals surface area contributed by atoms with Gasteiger partial charge in [0.2, 0.25) is 5.75 Å². The van der Waals surface area contributed by atoms with Gasteiger partial charge in [-0.05, 0) is 19.1 Å². The first kappa shape index (κ1) is 14.6. The predicted octanol–water partition coefficient (Wildman–Crippen LogP) is 1.78. The number of ether oxygens (including phenoxy) is 4. The van der Waals surface area contributed by atoms with Crippen LogP contribution in [0.3, 0.4) is 0 Å². The molecular weight excluding hydrogens is 236 g/mol. The van der Waals surface area contributed by atoms with Crippen molar-refractivity contribution in [2.75, 3.05) is 34.5 Å². The average Bonchev–Trinajstić information content (AvgIpc) is 2.42. The molecule has 0 bridgehead atoms. The summed E-state index contributed by atoms with van der Waals surface area (Å²) in [5.41, 5.74) is 0.614. The van der Waals surface area contributed by atoms with E-state index in [1.165, 1.54) is 14.2 Å². The van der Waals surface area contributed by atoms with Crippen molar-refractivity contribution in [1.82, 2.24) is 0 Å². The van der Waals surface area contributed by atoms with Crippen molar-refractivity contribution < 1.29 is 24.1 Å². The van der Waals surface area contributed by atoms with E-state index < -0.39 is 6.10 Å². The number of rotatable bonds is 7. The van der Waals surface area contributed by atoms with Gasteiger partial charge < -0.3 is 24.1 Å². The third kappa shape index (κ3) is 3.05. The van der Waals surface area contributed by atoms with Gasteiger partial charge >= 0.3 is 0 Å². The summed E-state index contributed by atoms with van der Waals surface area (Å²) in [4.78, 5) is 0. The fourth-order valence-electron chi connectivity index (χ4n) is 1.71. The maximum absolute atomic E-state index is 10.0. The van der Waals surface area contributed by atoms with E-state index in [-0.39, 0.29) is 6.61 Å². The van der Waals surface area contributed by atoms with Gasteiger partial charge in [0.25, 0.3) is 0 Å². The number of hydrogen-bond donors (Lipinski definition) is 1. The van der Waals surface area contributed by atoms with Crippen molar-refractivity contribution in [3.63, 3.8) is 0 Å². The Kier molecular flexibility index (Phi) is 5.74. The lowest BCUT2D eigenvalue weighted by Crippen LogP contribution is -2.09. The van der Waals surface area contributed by atoms with E-state index in [0.717, 1.165) is 0 Å². The van der Waals surface area contributed by atoms with Crippen molar-refractivity contribution in [3.05, 3.63) is 17.7 Å². The van der Waals surface area contributed by atoms with E-state index >= 15 is 0 Å². The SMILES string of the molecule is CCOCC(O)c1ccc(OC)c(OC)c1OC. The van der Waals surface area contributed by atoms with E-state index in [1.807, 2.05) is 6.92 Å². The Bertz CT molecular complexity index is 378. The molecule has 0 saturated heterocycles. The number of aliphatic hydroxyl groups excluding tert-OH is 1. The Morgan fingerprint density at radius 2 is 1.72 bits per heavy atom. The topological polar surface area (TPSA) is 57.2 Å². The molecule has 1 aromatic carbocycles. The van der Waals surface area contributed by atoms with Gasteiger partial charge in [0.05, 0.1) is 27.9 Å². The molecule has 0 aromatic heterocycles. The Labute approximate surface area is 107 Å². The van der Waals surface area contributed by atoms with E-state index in [9.17, 15) is 5.11 Å². The molecule has 102 valence electrons. The summed E-state index contributed by atoms with van der Waals surface area (Å²) in [5, 5.41) is 10.0. The molecule has 1 rings (SSSR count). The number of aliphatic hydroxyl groups is 1. The summed E-state index contributed by atoms with van der Waals surface area (Å²) in [6.07, 6.45) is -0.764. The Hall–Kier alpha value is -1.46. The second-order valence-corrected chi connectivity index (χ2v) is 3.60. The van der Waals surface area contributed by atoms with Crippen molar-refractivity contribution in [1.29, 1.82) is 0 Å². The van der Waals surface area contributed by atoms with Crippen LogP contribution in [0.4, 0.5) is 0 Å². The molecule has 0 fully saturated rings. The molecular formula is C13H20O5. The number of methoxy groups -OCH3 is 3. The van der Waals surface area contributed by atoms with Crippen LogP contribution in [0.5, 0.6) is 17.2 Å². The molecule has 0 heterocycles. The van der Waals surface area contributed by atoms with Crippen molar-refractivity contribution >= 4 is 0 Å². The lowest BCUT2D eigenvalue weighted by molar-refractivity contribution is 0.0405. The maximum atomic E-state index is 10.0. The zero-order chi connectivity index (χ0) is 13.5. The zero-order valence-corrected chi connectivity index (χ0v) is 11.2. The summed E-state index contributed by atoms with van der Waals surface area (Å²) in [6.45, 7) is 2.63. The molecule has 1 unspecified atom stereocenters. The average molecular weight is 256 g/mol. The van der Waals surface area contributed by atoms with Gasteiger partial charge in [-0.3, -0.25) is 0 Å². The fourth-order valence-corrected chi connectivity index (χ4v) is 1.71. The van der Waals surface area contributed by atoms with E-state index in [4.69, 9.17) is 18.9 Å². The van der Waals surface area contributed by atoms with Gasteiger partial charge in [0, 0.05) is 12.2 Å². The van der Waals surface area contributed by atoms with Gasteiger partial charge in [-0.1, -0.05) is 0 Å². The summed E-state index contributed by atoms with van der Waals surface area (Å²) < 4.78 is 20.9. The first-order valence-corrected chi connectivity index (χ1v) is 5.74. The highest BCUT2D eigenvalue weighted by Gasteiger charge is 2.20. The minimum atomic E-state index is -0.764. The monoisotopic (exact) mass is 256 g/mol. The lowest BCUT2D eigenvalue weighted by atomic mass is 10.1. The van der Waals surface area contributed by atoms with E-state index in [0.29, 0.717) is 29.4 Å². The molecule has 18 heavy (non-hydrogen) atoms. The van der Waals surface area contributed by atoms with Gasteiger partial charge in [-0.25, -0.2) is 0 Å². The fraction of sp³-hybridized carbons (Fsp3) is 0.538. The zero-order valence-electron chi connectivity index (χ0n) is 11.2. The Morgan fingerprint density at radius 1 is 1.06 bits per heavy atom. The molecule has 0 amide bonds. The van der Waals surface area contributed by atoms with Crippen LogP contribution in [0.25, 0.3) is 0 Å². The highest BCUT2D eigenvalue weighted by atomic mass is 16.5. The smallest absolute Gasteiger partial charge is 0.203 e. The lowest BCUT2D eigenvalue weighted by Gasteiger charge is -2.18. The molecule has 0 spiro atoms. The molecule has 5 heteroatoms. The van der Waals surface area contributed by atoms with Crippen LogP contribution in [0, 0.1) is 0 Å². The molecule has 0 aliphatic carbocycles. The minimum absolute atomic E-state index is 0.211. The molecule has 1 aromatic rings. The van der Waals surface area contributed by atoms with Crippen molar-refractivity contribution in [2.45, 2.75) is 13.0 Å². The van der Waals surface area contributed by atoms with Crippen LogP contribution in [0.2, 0.25) is 0 Å². The van der Waals surface area contributed by atoms with Crippen molar-refractivity contribution in [2.24, 2.45) is 0 Å². The quantitative estimate of drug-likeness (QED) is 0.806. The Morgan fingerprint density at radius 3 is 2.22 bits per heavy atom. The molecule has 5 nitrogen and oxygen atoms in total. The van der Waals surface area contributed by atoms with Crippen LogP contribution < -0.4 is 14.2 Å². The number of hydrogen-bond acceptors (Lipinski definition) is 5.